The van der Waals surface area contributed by atoms with Crippen LogP contribution in [0.5, 0.6) is 5.75 Å². The van der Waals surface area contributed by atoms with Crippen LogP contribution in [0.25, 0.3) is 0 Å². The van der Waals surface area contributed by atoms with E-state index in [4.69, 9.17) is 44.8 Å². The van der Waals surface area contributed by atoms with Gasteiger partial charge in [-0.05, 0) is 95.2 Å². The first-order valence-corrected chi connectivity index (χ1v) is 23.7. The maximum atomic E-state index is 14.8. The van der Waals surface area contributed by atoms with Crippen molar-refractivity contribution >= 4 is 35.5 Å². The zero-order valence-corrected chi connectivity index (χ0v) is 38.9. The lowest BCUT2D eigenvalue weighted by atomic mass is 9.55. The van der Waals surface area contributed by atoms with Crippen LogP contribution in [0.3, 0.4) is 0 Å². The molecule has 4 aliphatic heterocycles. The van der Waals surface area contributed by atoms with Crippen LogP contribution in [0.15, 0.2) is 59.6 Å². The molecule has 1 aromatic rings. The highest BCUT2D eigenvalue weighted by atomic mass is 35.5. The third kappa shape index (κ3) is 8.95. The van der Waals surface area contributed by atoms with Crippen LogP contribution in [0.2, 0.25) is 5.02 Å². The Kier molecular flexibility index (Phi) is 14.1. The molecule has 366 valence electrons. The molecule has 0 radical (unpaired) electrons. The van der Waals surface area contributed by atoms with Gasteiger partial charge in [-0.2, -0.15) is 0 Å². The number of hydrogen-bond donors (Lipinski definition) is 6. The minimum Gasteiger partial charge on any atom is -0.507 e. The van der Waals surface area contributed by atoms with E-state index in [9.17, 15) is 49.8 Å². The van der Waals surface area contributed by atoms with Crippen molar-refractivity contribution in [3.63, 3.8) is 0 Å². The van der Waals surface area contributed by atoms with Crippen LogP contribution in [0.1, 0.15) is 101 Å². The molecule has 18 heteroatoms. The molecule has 3 aliphatic carbocycles. The summed E-state index contributed by atoms with van der Waals surface area (Å²) in [7, 11) is 0. The Bertz CT molecular complexity index is 2240. The Balaban J connectivity index is 0.970. The van der Waals surface area contributed by atoms with Gasteiger partial charge in [0.15, 0.2) is 23.9 Å². The molecule has 2 saturated heterocycles. The predicted molar refractivity (Wildman–Crippen MR) is 235 cm³/mol. The molecule has 7 aliphatic rings. The Morgan fingerprint density at radius 3 is 2.39 bits per heavy atom. The number of aliphatic hydroxyl groups is 4. The van der Waals surface area contributed by atoms with Crippen molar-refractivity contribution in [2.45, 2.75) is 159 Å². The fraction of sp³-hybridized carbons (Fsp3) is 0.633. The van der Waals surface area contributed by atoms with E-state index in [1.54, 1.807) is 33.8 Å². The number of carbonyl (C=O) groups excluding carboxylic acids is 3. The normalized spacial score (nSPS) is 41.6. The van der Waals surface area contributed by atoms with E-state index in [2.05, 4.69) is 0 Å². The van der Waals surface area contributed by atoms with Crippen LogP contribution in [-0.2, 0) is 47.5 Å². The molecule has 1 saturated carbocycles. The second-order valence-corrected chi connectivity index (χ2v) is 19.9. The quantitative estimate of drug-likeness (QED) is 0.110. The topological polar surface area (TPSA) is 254 Å². The maximum absolute atomic E-state index is 14.8. The number of aliphatic hydroxyl groups excluding tert-OH is 4. The first-order valence-electron chi connectivity index (χ1n) is 23.3. The van der Waals surface area contributed by atoms with Crippen molar-refractivity contribution in [2.24, 2.45) is 35.0 Å². The highest BCUT2D eigenvalue weighted by molar-refractivity contribution is 6.32. The standard InChI is InChI=1S/C49H61ClO17/c1-22-21-49-27(19-29(22)43(56)57)12-9-7-6-8-11-26-15-16-28-30(48(26,5)47(60)66-41(42(49)55)45(59)67-49)13-10-14-33(28)64-46-39(54)38(53)40(25(4)62-46)65-35-20-34(37(52)24(3)61-35)63-44(58)36-23(2)31(50)17-18-32(36)51/h9,12,15-19,22,24-28,30,33-35,37-40,46,51-55H,6-8,10-11,13-14,20-21H2,1-5H3,(H,56,57)/b12-9-/t22-,24-,25-,26?,27?,28?,30?,33+,34-,35+,37-,38-,39?,40-,46+,48-,49?/m1/s1. The van der Waals surface area contributed by atoms with E-state index in [-0.39, 0.29) is 46.6 Å². The Hall–Kier alpha value is -4.33. The highest BCUT2D eigenvalue weighted by Gasteiger charge is 2.60. The van der Waals surface area contributed by atoms with Gasteiger partial charge in [0, 0.05) is 35.3 Å². The van der Waals surface area contributed by atoms with Crippen LogP contribution < -0.4 is 0 Å². The monoisotopic (exact) mass is 956 g/mol. The number of fused-ring (bicyclic) bond motifs is 3. The minimum absolute atomic E-state index is 0.0340. The first kappa shape index (κ1) is 49.1. The molecule has 2 bridgehead atoms. The SMILES string of the molecule is Cc1c(Cl)ccc(O)c1C(=O)O[C@@H]1C[C@H](O[C@H]2[C@H](O)C(O)[C@H](O[C@H]3CCCC4C3C=CC3CCCC/C=C\C5C=C(C(=O)O)[C@H](C)CC56OC(=O)C(=C6O)OC(=O)[C@]34C)O[C@@H]2C)O[C@H](C)[C@H]1O. The van der Waals surface area contributed by atoms with Crippen LogP contribution in [-0.4, -0.2) is 122 Å². The second-order valence-electron chi connectivity index (χ2n) is 19.5. The van der Waals surface area contributed by atoms with E-state index in [0.717, 1.165) is 12.8 Å². The van der Waals surface area contributed by atoms with Gasteiger partial charge in [0.2, 0.25) is 0 Å². The van der Waals surface area contributed by atoms with E-state index >= 15 is 0 Å². The summed E-state index contributed by atoms with van der Waals surface area (Å²) in [6, 6.07) is 2.71. The number of carbonyl (C=O) groups is 4. The smallest absolute Gasteiger partial charge is 0.379 e. The first-order chi connectivity index (χ1) is 31.8. The third-order valence-electron chi connectivity index (χ3n) is 15.4. The van der Waals surface area contributed by atoms with Gasteiger partial charge in [0.1, 0.15) is 41.8 Å². The number of esters is 3. The summed E-state index contributed by atoms with van der Waals surface area (Å²) >= 11 is 6.18. The van der Waals surface area contributed by atoms with Gasteiger partial charge >= 0.3 is 23.9 Å². The van der Waals surface area contributed by atoms with Crippen molar-refractivity contribution < 1.29 is 83.0 Å². The lowest BCUT2D eigenvalue weighted by molar-refractivity contribution is -0.343. The van der Waals surface area contributed by atoms with Crippen LogP contribution in [0, 0.1) is 41.9 Å². The lowest BCUT2D eigenvalue weighted by Gasteiger charge is -2.51. The molecule has 6 N–H and O–H groups in total. The fourth-order valence-corrected chi connectivity index (χ4v) is 11.6. The average molecular weight is 957 g/mol. The molecule has 4 heterocycles. The molecule has 0 aromatic heterocycles. The minimum atomic E-state index is -1.65. The zero-order valence-electron chi connectivity index (χ0n) is 38.1. The van der Waals surface area contributed by atoms with Gasteiger partial charge in [-0.15, -0.1) is 0 Å². The van der Waals surface area contributed by atoms with E-state index < -0.39 is 126 Å². The van der Waals surface area contributed by atoms with Crippen molar-refractivity contribution in [3.8, 4) is 5.75 Å². The van der Waals surface area contributed by atoms with E-state index in [1.165, 1.54) is 18.2 Å². The summed E-state index contributed by atoms with van der Waals surface area (Å²) in [6.45, 7) is 8.23. The molecule has 6 unspecified atom stereocenters. The molecule has 1 spiro atoms. The summed E-state index contributed by atoms with van der Waals surface area (Å²) in [4.78, 5) is 53.7. The van der Waals surface area contributed by atoms with Gasteiger partial charge in [-0.1, -0.05) is 61.7 Å². The van der Waals surface area contributed by atoms with Crippen molar-refractivity contribution in [1.82, 2.24) is 0 Å². The Morgan fingerprint density at radius 2 is 1.64 bits per heavy atom. The van der Waals surface area contributed by atoms with E-state index in [1.807, 2.05) is 25.2 Å². The summed E-state index contributed by atoms with van der Waals surface area (Å²) < 4.78 is 42.3. The molecule has 17 nitrogen and oxygen atoms in total. The fourth-order valence-electron chi connectivity index (χ4n) is 11.5. The maximum Gasteiger partial charge on any atom is 0.379 e. The molecule has 1 aromatic carbocycles. The molecular weight excluding hydrogens is 896 g/mol. The number of benzene rings is 1. The number of ether oxygens (including phenoxy) is 7. The summed E-state index contributed by atoms with van der Waals surface area (Å²) in [5.41, 5.74) is -2.59. The lowest BCUT2D eigenvalue weighted by Crippen LogP contribution is -2.61. The molecular formula is C49H61ClO17. The number of phenolic OH excluding ortho intramolecular Hbond substituents is 1. The number of rotatable bonds is 7. The number of phenols is 1. The summed E-state index contributed by atoms with van der Waals surface area (Å²) in [5.74, 6) is -7.75. The third-order valence-corrected chi connectivity index (χ3v) is 15.8. The van der Waals surface area contributed by atoms with Gasteiger partial charge in [-0.25, -0.2) is 14.4 Å². The van der Waals surface area contributed by atoms with Crippen molar-refractivity contribution in [3.05, 3.63) is 75.8 Å². The number of aliphatic carboxylic acids is 1. The Morgan fingerprint density at radius 1 is 0.881 bits per heavy atom. The summed E-state index contributed by atoms with van der Waals surface area (Å²) in [6.07, 6.45) is 1.93. The number of hydrogen-bond acceptors (Lipinski definition) is 16. The molecule has 17 atom stereocenters. The number of allylic oxidation sites excluding steroid dienone is 2. The molecule has 8 rings (SSSR count). The van der Waals surface area contributed by atoms with Crippen LogP contribution >= 0.6 is 11.6 Å². The highest BCUT2D eigenvalue weighted by Crippen LogP contribution is 2.55. The van der Waals surface area contributed by atoms with Gasteiger partial charge in [-0.3, -0.25) is 4.79 Å². The number of carboxylic acids is 1. The zero-order chi connectivity index (χ0) is 48.3. The van der Waals surface area contributed by atoms with E-state index in [0.29, 0.717) is 37.7 Å². The second kappa shape index (κ2) is 19.2. The van der Waals surface area contributed by atoms with Gasteiger partial charge in [0.25, 0.3) is 5.76 Å². The predicted octanol–water partition coefficient (Wildman–Crippen LogP) is 5.63. The molecule has 67 heavy (non-hydrogen) atoms. The van der Waals surface area contributed by atoms with Crippen molar-refractivity contribution in [2.75, 3.05) is 0 Å². The van der Waals surface area contributed by atoms with Gasteiger partial charge < -0.3 is 63.8 Å². The number of halogens is 1. The average Bonchev–Trinajstić information content (AvgIpc) is 3.50. The van der Waals surface area contributed by atoms with Crippen LogP contribution in [0.4, 0.5) is 0 Å². The van der Waals surface area contributed by atoms with Gasteiger partial charge in [0.05, 0.1) is 23.7 Å². The molecule has 0 amide bonds. The largest absolute Gasteiger partial charge is 0.507 e. The number of aromatic hydroxyl groups is 1. The van der Waals surface area contributed by atoms with Crippen molar-refractivity contribution in [1.29, 1.82) is 0 Å². The number of carboxylic acid groups (broad SMARTS) is 1. The Labute approximate surface area is 393 Å². The summed E-state index contributed by atoms with van der Waals surface area (Å²) in [5, 5.41) is 66.3. The molecule has 3 fully saturated rings.